The monoisotopic (exact) mass is 265 g/mol. The van der Waals surface area contributed by atoms with Crippen molar-refractivity contribution in [1.82, 2.24) is 15.2 Å². The van der Waals surface area contributed by atoms with Gasteiger partial charge >= 0.3 is 0 Å². The van der Waals surface area contributed by atoms with E-state index in [9.17, 15) is 0 Å². The van der Waals surface area contributed by atoms with Crippen LogP contribution in [0.1, 0.15) is 16.5 Å². The van der Waals surface area contributed by atoms with Crippen molar-refractivity contribution in [1.29, 1.82) is 0 Å². The molecule has 0 saturated carbocycles. The van der Waals surface area contributed by atoms with Crippen LogP contribution in [0.2, 0.25) is 0 Å². The Bertz CT molecular complexity index is 453. The molecule has 4 nitrogen and oxygen atoms in total. The van der Waals surface area contributed by atoms with Crippen LogP contribution in [-0.4, -0.2) is 30.0 Å². The van der Waals surface area contributed by atoms with E-state index in [0.29, 0.717) is 0 Å². The number of thiazole rings is 1. The second-order valence-electron chi connectivity index (χ2n) is 4.35. The minimum Gasteiger partial charge on any atom is -0.468 e. The van der Waals surface area contributed by atoms with Crippen LogP contribution >= 0.6 is 11.3 Å². The second-order valence-corrected chi connectivity index (χ2v) is 5.41. The molecule has 0 aliphatic heterocycles. The maximum Gasteiger partial charge on any atom is 0.117 e. The highest BCUT2D eigenvalue weighted by molar-refractivity contribution is 7.09. The molecule has 0 radical (unpaired) electrons. The van der Waals surface area contributed by atoms with Crippen LogP contribution in [-0.2, 0) is 13.1 Å². The van der Waals surface area contributed by atoms with Gasteiger partial charge in [0.15, 0.2) is 0 Å². The van der Waals surface area contributed by atoms with E-state index in [1.54, 1.807) is 17.6 Å². The van der Waals surface area contributed by atoms with Crippen LogP contribution in [0.4, 0.5) is 0 Å². The smallest absolute Gasteiger partial charge is 0.117 e. The third-order valence-corrected chi connectivity index (χ3v) is 3.47. The lowest BCUT2D eigenvalue weighted by molar-refractivity contribution is 0.318. The van der Waals surface area contributed by atoms with Gasteiger partial charge in [-0.2, -0.15) is 0 Å². The number of aryl methyl sites for hydroxylation is 1. The topological polar surface area (TPSA) is 41.3 Å². The molecule has 0 spiro atoms. The van der Waals surface area contributed by atoms with E-state index in [2.05, 4.69) is 27.6 Å². The van der Waals surface area contributed by atoms with Gasteiger partial charge in [-0.25, -0.2) is 4.98 Å². The number of hydrogen-bond donors (Lipinski definition) is 1. The van der Waals surface area contributed by atoms with Crippen molar-refractivity contribution in [2.45, 2.75) is 20.0 Å². The fourth-order valence-corrected chi connectivity index (χ4v) is 2.33. The van der Waals surface area contributed by atoms with Crippen molar-refractivity contribution in [2.75, 3.05) is 20.1 Å². The maximum atomic E-state index is 5.25. The Morgan fingerprint density at radius 2 is 2.39 bits per heavy atom. The van der Waals surface area contributed by atoms with Gasteiger partial charge in [0.1, 0.15) is 5.76 Å². The Labute approximate surface area is 112 Å². The zero-order chi connectivity index (χ0) is 12.8. The summed E-state index contributed by atoms with van der Waals surface area (Å²) in [6.07, 6.45) is 1.70. The van der Waals surface area contributed by atoms with Crippen LogP contribution in [0.5, 0.6) is 0 Å². The van der Waals surface area contributed by atoms with Crippen molar-refractivity contribution in [3.63, 3.8) is 0 Å². The van der Waals surface area contributed by atoms with Gasteiger partial charge in [-0.15, -0.1) is 11.3 Å². The summed E-state index contributed by atoms with van der Waals surface area (Å²) in [5, 5.41) is 6.62. The third kappa shape index (κ3) is 4.25. The highest BCUT2D eigenvalue weighted by Gasteiger charge is 2.03. The zero-order valence-electron chi connectivity index (χ0n) is 10.8. The normalized spacial score (nSPS) is 11.3. The summed E-state index contributed by atoms with van der Waals surface area (Å²) >= 11 is 1.71. The van der Waals surface area contributed by atoms with E-state index in [4.69, 9.17) is 4.42 Å². The van der Waals surface area contributed by atoms with Gasteiger partial charge in [0, 0.05) is 25.0 Å². The van der Waals surface area contributed by atoms with E-state index in [1.807, 2.05) is 19.1 Å². The summed E-state index contributed by atoms with van der Waals surface area (Å²) in [6, 6.07) is 3.89. The quantitative estimate of drug-likeness (QED) is 0.780. The number of hydrogen-bond acceptors (Lipinski definition) is 5. The molecule has 0 amide bonds. The lowest BCUT2D eigenvalue weighted by atomic mass is 10.4. The molecule has 1 N–H and O–H groups in total. The average molecular weight is 265 g/mol. The molecule has 18 heavy (non-hydrogen) atoms. The Hall–Kier alpha value is -1.17. The fourth-order valence-electron chi connectivity index (χ4n) is 1.73. The molecule has 0 bridgehead atoms. The first kappa shape index (κ1) is 13.3. The molecule has 2 heterocycles. The first-order valence-corrected chi connectivity index (χ1v) is 6.94. The summed E-state index contributed by atoms with van der Waals surface area (Å²) in [5.74, 6) is 0.979. The summed E-state index contributed by atoms with van der Waals surface area (Å²) in [4.78, 5) is 6.73. The van der Waals surface area contributed by atoms with E-state index in [0.717, 1.165) is 42.6 Å². The number of nitrogens with zero attached hydrogens (tertiary/aromatic N) is 2. The molecule has 0 aliphatic carbocycles. The van der Waals surface area contributed by atoms with Crippen molar-refractivity contribution in [3.05, 3.63) is 40.2 Å². The van der Waals surface area contributed by atoms with Crippen LogP contribution in [0.25, 0.3) is 0 Å². The Balaban J connectivity index is 1.61. The van der Waals surface area contributed by atoms with Crippen LogP contribution in [0, 0.1) is 6.92 Å². The van der Waals surface area contributed by atoms with E-state index in [1.165, 1.54) is 0 Å². The summed E-state index contributed by atoms with van der Waals surface area (Å²) < 4.78 is 5.25. The van der Waals surface area contributed by atoms with Gasteiger partial charge in [-0.3, -0.25) is 4.90 Å². The van der Waals surface area contributed by atoms with Crippen LogP contribution in [0.15, 0.2) is 28.2 Å². The SMILES string of the molecule is Cc1nc(CN(C)CCNCc2ccco2)cs1. The summed E-state index contributed by atoms with van der Waals surface area (Å²) in [6.45, 7) is 5.68. The Morgan fingerprint density at radius 1 is 1.50 bits per heavy atom. The number of nitrogens with one attached hydrogen (secondary N) is 1. The predicted octanol–water partition coefficient (Wildman–Crippen LogP) is 2.27. The largest absolute Gasteiger partial charge is 0.468 e. The van der Waals surface area contributed by atoms with E-state index >= 15 is 0 Å². The highest BCUT2D eigenvalue weighted by Crippen LogP contribution is 2.09. The van der Waals surface area contributed by atoms with Gasteiger partial charge in [0.25, 0.3) is 0 Å². The predicted molar refractivity (Wildman–Crippen MR) is 73.6 cm³/mol. The van der Waals surface area contributed by atoms with Crippen molar-refractivity contribution < 1.29 is 4.42 Å². The van der Waals surface area contributed by atoms with Crippen molar-refractivity contribution in [2.24, 2.45) is 0 Å². The van der Waals surface area contributed by atoms with Crippen LogP contribution < -0.4 is 5.32 Å². The third-order valence-electron chi connectivity index (χ3n) is 2.65. The summed E-state index contributed by atoms with van der Waals surface area (Å²) in [5.41, 5.74) is 1.16. The van der Waals surface area contributed by atoms with Crippen molar-refractivity contribution in [3.8, 4) is 0 Å². The molecule has 2 aromatic rings. The van der Waals surface area contributed by atoms with Gasteiger partial charge in [-0.1, -0.05) is 0 Å². The van der Waals surface area contributed by atoms with Gasteiger partial charge in [0.2, 0.25) is 0 Å². The van der Waals surface area contributed by atoms with Gasteiger partial charge in [0.05, 0.1) is 23.5 Å². The number of aromatic nitrogens is 1. The first-order chi connectivity index (χ1) is 8.74. The molecule has 5 heteroatoms. The number of rotatable bonds is 7. The number of furan rings is 1. The molecule has 0 saturated heterocycles. The molecule has 0 unspecified atom stereocenters. The number of likely N-dealkylation sites (N-methyl/N-ethyl adjacent to an activating group) is 1. The lowest BCUT2D eigenvalue weighted by Crippen LogP contribution is -2.28. The Morgan fingerprint density at radius 3 is 3.06 bits per heavy atom. The van der Waals surface area contributed by atoms with E-state index in [-0.39, 0.29) is 0 Å². The first-order valence-electron chi connectivity index (χ1n) is 6.06. The Kier molecular flexibility index (Phi) is 4.92. The fraction of sp³-hybridized carbons (Fsp3) is 0.462. The molecular formula is C13H19N3OS. The highest BCUT2D eigenvalue weighted by atomic mass is 32.1. The minimum atomic E-state index is 0.788. The van der Waals surface area contributed by atoms with E-state index < -0.39 is 0 Å². The standard InChI is InChI=1S/C13H19N3OS/c1-11-15-12(10-18-11)9-16(2)6-5-14-8-13-4-3-7-17-13/h3-4,7,10,14H,5-6,8-9H2,1-2H3. The molecule has 0 aromatic carbocycles. The zero-order valence-corrected chi connectivity index (χ0v) is 11.7. The van der Waals surface area contributed by atoms with Crippen molar-refractivity contribution >= 4 is 11.3 Å². The summed E-state index contributed by atoms with van der Waals surface area (Å²) in [7, 11) is 2.11. The molecule has 0 atom stereocenters. The van der Waals surface area contributed by atoms with Gasteiger partial charge < -0.3 is 9.73 Å². The average Bonchev–Trinajstić information content (AvgIpc) is 2.96. The molecule has 2 rings (SSSR count). The lowest BCUT2D eigenvalue weighted by Gasteiger charge is -2.15. The molecule has 0 aliphatic rings. The second kappa shape index (κ2) is 6.68. The van der Waals surface area contributed by atoms with Gasteiger partial charge in [-0.05, 0) is 26.1 Å². The molecular weight excluding hydrogens is 246 g/mol. The molecule has 98 valence electrons. The molecule has 2 aromatic heterocycles. The van der Waals surface area contributed by atoms with Crippen LogP contribution in [0.3, 0.4) is 0 Å². The maximum absolute atomic E-state index is 5.25. The minimum absolute atomic E-state index is 0.788. The molecule has 0 fully saturated rings.